The van der Waals surface area contributed by atoms with Crippen molar-refractivity contribution < 1.29 is 14.3 Å². The Kier molecular flexibility index (Phi) is 5.98. The molecule has 1 aliphatic rings. The zero-order valence-corrected chi connectivity index (χ0v) is 13.2. The molecule has 0 radical (unpaired) electrons. The zero-order valence-electron chi connectivity index (χ0n) is 13.2. The van der Waals surface area contributed by atoms with Gasteiger partial charge in [-0.15, -0.1) is 0 Å². The molecule has 6 nitrogen and oxygen atoms in total. The van der Waals surface area contributed by atoms with Crippen LogP contribution in [0.15, 0.2) is 24.3 Å². The third-order valence-electron chi connectivity index (χ3n) is 4.08. The lowest BCUT2D eigenvalue weighted by molar-refractivity contribution is -0.131. The number of carbonyl (C=O) groups is 2. The predicted octanol–water partition coefficient (Wildman–Crippen LogP) is 1.58. The molecule has 23 heavy (non-hydrogen) atoms. The summed E-state index contributed by atoms with van der Waals surface area (Å²) in [4.78, 5) is 25.5. The van der Waals surface area contributed by atoms with E-state index in [2.05, 4.69) is 5.32 Å². The summed E-state index contributed by atoms with van der Waals surface area (Å²) >= 11 is 0. The van der Waals surface area contributed by atoms with Gasteiger partial charge in [0.05, 0.1) is 13.2 Å². The molecule has 1 N–H and O–H groups in total. The minimum absolute atomic E-state index is 0.0583. The van der Waals surface area contributed by atoms with Gasteiger partial charge in [0.1, 0.15) is 12.2 Å². The number of amides is 2. The fourth-order valence-corrected chi connectivity index (χ4v) is 2.67. The van der Waals surface area contributed by atoms with Gasteiger partial charge in [-0.25, -0.2) is 0 Å². The van der Waals surface area contributed by atoms with Crippen LogP contribution in [0.1, 0.15) is 29.6 Å². The molecule has 1 saturated heterocycles. The number of ether oxygens (including phenoxy) is 1. The SMILES string of the molecule is COc1cccc(C(=O)NCC2CCN(C(=O)CC#N)CC2)c1. The van der Waals surface area contributed by atoms with Crippen LogP contribution in [0, 0.1) is 17.2 Å². The predicted molar refractivity (Wildman–Crippen MR) is 84.9 cm³/mol. The highest BCUT2D eigenvalue weighted by atomic mass is 16.5. The van der Waals surface area contributed by atoms with Crippen LogP contribution in [-0.2, 0) is 4.79 Å². The van der Waals surface area contributed by atoms with E-state index < -0.39 is 0 Å². The van der Waals surface area contributed by atoms with Gasteiger partial charge in [-0.1, -0.05) is 6.07 Å². The number of likely N-dealkylation sites (tertiary alicyclic amines) is 1. The van der Waals surface area contributed by atoms with E-state index in [1.807, 2.05) is 6.07 Å². The Morgan fingerprint density at radius 1 is 1.39 bits per heavy atom. The highest BCUT2D eigenvalue weighted by Gasteiger charge is 2.22. The van der Waals surface area contributed by atoms with E-state index in [9.17, 15) is 9.59 Å². The topological polar surface area (TPSA) is 82.4 Å². The number of nitrogens with one attached hydrogen (secondary N) is 1. The molecule has 1 fully saturated rings. The van der Waals surface area contributed by atoms with E-state index in [-0.39, 0.29) is 18.2 Å². The molecule has 6 heteroatoms. The zero-order chi connectivity index (χ0) is 16.7. The highest BCUT2D eigenvalue weighted by Crippen LogP contribution is 2.17. The Balaban J connectivity index is 1.78. The number of benzene rings is 1. The standard InChI is InChI=1S/C17H21N3O3/c1-23-15-4-2-3-14(11-15)17(22)19-12-13-6-9-20(10-7-13)16(21)5-8-18/h2-4,11,13H,5-7,9-10,12H2,1H3,(H,19,22). The van der Waals surface area contributed by atoms with E-state index in [4.69, 9.17) is 10.00 Å². The first kappa shape index (κ1) is 16.8. The minimum Gasteiger partial charge on any atom is -0.497 e. The normalized spacial score (nSPS) is 14.9. The molecule has 2 rings (SSSR count). The molecule has 1 aliphatic heterocycles. The van der Waals surface area contributed by atoms with Gasteiger partial charge in [0.15, 0.2) is 0 Å². The summed E-state index contributed by atoms with van der Waals surface area (Å²) < 4.78 is 5.11. The Bertz CT molecular complexity index is 601. The smallest absolute Gasteiger partial charge is 0.251 e. The van der Waals surface area contributed by atoms with Crippen LogP contribution in [0.4, 0.5) is 0 Å². The molecule has 0 aromatic heterocycles. The Morgan fingerprint density at radius 2 is 2.13 bits per heavy atom. The molecular formula is C17H21N3O3. The van der Waals surface area contributed by atoms with Gasteiger partial charge in [0.2, 0.25) is 5.91 Å². The van der Waals surface area contributed by atoms with E-state index in [1.54, 1.807) is 36.3 Å². The number of hydrogen-bond donors (Lipinski definition) is 1. The fourth-order valence-electron chi connectivity index (χ4n) is 2.67. The molecule has 0 saturated carbocycles. The molecular weight excluding hydrogens is 294 g/mol. The molecule has 1 aromatic rings. The maximum Gasteiger partial charge on any atom is 0.251 e. The van der Waals surface area contributed by atoms with Gasteiger partial charge in [0, 0.05) is 25.2 Å². The first-order chi connectivity index (χ1) is 11.1. The van der Waals surface area contributed by atoms with Crippen LogP contribution >= 0.6 is 0 Å². The molecule has 1 heterocycles. The molecule has 0 unspecified atom stereocenters. The number of hydrogen-bond acceptors (Lipinski definition) is 4. The Hall–Kier alpha value is -2.55. The van der Waals surface area contributed by atoms with Crippen molar-refractivity contribution in [1.29, 1.82) is 5.26 Å². The van der Waals surface area contributed by atoms with Crippen LogP contribution in [0.3, 0.4) is 0 Å². The summed E-state index contributed by atoms with van der Waals surface area (Å²) in [5.41, 5.74) is 0.575. The summed E-state index contributed by atoms with van der Waals surface area (Å²) in [6, 6.07) is 8.92. The van der Waals surface area contributed by atoms with Crippen LogP contribution in [0.25, 0.3) is 0 Å². The summed E-state index contributed by atoms with van der Waals surface area (Å²) in [6.45, 7) is 1.90. The van der Waals surface area contributed by atoms with Crippen molar-refractivity contribution in [3.05, 3.63) is 29.8 Å². The maximum absolute atomic E-state index is 12.1. The summed E-state index contributed by atoms with van der Waals surface area (Å²) in [6.07, 6.45) is 1.63. The largest absolute Gasteiger partial charge is 0.497 e. The number of carbonyl (C=O) groups excluding carboxylic acids is 2. The average Bonchev–Trinajstić information content (AvgIpc) is 2.60. The lowest BCUT2D eigenvalue weighted by Gasteiger charge is -2.31. The first-order valence-electron chi connectivity index (χ1n) is 7.71. The van der Waals surface area contributed by atoms with Crippen LogP contribution in [-0.4, -0.2) is 43.5 Å². The van der Waals surface area contributed by atoms with E-state index in [0.717, 1.165) is 12.8 Å². The van der Waals surface area contributed by atoms with Gasteiger partial charge >= 0.3 is 0 Å². The molecule has 0 bridgehead atoms. The van der Waals surface area contributed by atoms with E-state index in [1.165, 1.54) is 0 Å². The van der Waals surface area contributed by atoms with E-state index >= 15 is 0 Å². The number of nitrogens with zero attached hydrogens (tertiary/aromatic N) is 2. The van der Waals surface area contributed by atoms with Crippen LogP contribution < -0.4 is 10.1 Å². The van der Waals surface area contributed by atoms with Crippen molar-refractivity contribution >= 4 is 11.8 Å². The second-order valence-electron chi connectivity index (χ2n) is 5.60. The van der Waals surface area contributed by atoms with Crippen molar-refractivity contribution in [3.8, 4) is 11.8 Å². The van der Waals surface area contributed by atoms with Gasteiger partial charge < -0.3 is 15.0 Å². The summed E-state index contributed by atoms with van der Waals surface area (Å²) in [5, 5.41) is 11.5. The lowest BCUT2D eigenvalue weighted by Crippen LogP contribution is -2.41. The van der Waals surface area contributed by atoms with Crippen molar-refractivity contribution in [2.45, 2.75) is 19.3 Å². The fraction of sp³-hybridized carbons (Fsp3) is 0.471. The second kappa shape index (κ2) is 8.18. The van der Waals surface area contributed by atoms with Gasteiger partial charge in [-0.3, -0.25) is 9.59 Å². The molecule has 122 valence electrons. The van der Waals surface area contributed by atoms with Gasteiger partial charge in [-0.05, 0) is 37.0 Å². The Morgan fingerprint density at radius 3 is 2.78 bits per heavy atom. The van der Waals surface area contributed by atoms with Crippen LogP contribution in [0.2, 0.25) is 0 Å². The van der Waals surface area contributed by atoms with Crippen molar-refractivity contribution in [3.63, 3.8) is 0 Å². The number of nitriles is 1. The molecule has 1 aromatic carbocycles. The van der Waals surface area contributed by atoms with Gasteiger partial charge in [-0.2, -0.15) is 5.26 Å². The van der Waals surface area contributed by atoms with Crippen molar-refractivity contribution in [2.75, 3.05) is 26.7 Å². The third-order valence-corrected chi connectivity index (χ3v) is 4.08. The average molecular weight is 315 g/mol. The van der Waals surface area contributed by atoms with E-state index in [0.29, 0.717) is 36.9 Å². The van der Waals surface area contributed by atoms with Crippen LogP contribution in [0.5, 0.6) is 5.75 Å². The first-order valence-corrected chi connectivity index (χ1v) is 7.71. The lowest BCUT2D eigenvalue weighted by atomic mass is 9.96. The number of piperidine rings is 1. The maximum atomic E-state index is 12.1. The highest BCUT2D eigenvalue weighted by molar-refractivity contribution is 5.94. The number of methoxy groups -OCH3 is 1. The molecule has 0 atom stereocenters. The third kappa shape index (κ3) is 4.71. The number of rotatable bonds is 5. The monoisotopic (exact) mass is 315 g/mol. The molecule has 0 spiro atoms. The molecule has 0 aliphatic carbocycles. The second-order valence-corrected chi connectivity index (χ2v) is 5.60. The minimum atomic E-state index is -0.119. The quantitative estimate of drug-likeness (QED) is 0.894. The molecule has 2 amide bonds. The summed E-state index contributed by atoms with van der Waals surface area (Å²) in [7, 11) is 1.57. The van der Waals surface area contributed by atoms with Crippen molar-refractivity contribution in [2.24, 2.45) is 5.92 Å². The Labute approximate surface area is 136 Å². The summed E-state index contributed by atoms with van der Waals surface area (Å²) in [5.74, 6) is 0.788. The van der Waals surface area contributed by atoms with Crippen molar-refractivity contribution in [1.82, 2.24) is 10.2 Å². The van der Waals surface area contributed by atoms with Gasteiger partial charge in [0.25, 0.3) is 5.91 Å².